The normalized spacial score (nSPS) is 11.4. The molecule has 4 aromatic rings. The van der Waals surface area contributed by atoms with Gasteiger partial charge in [-0.3, -0.25) is 0 Å². The molecule has 0 amide bonds. The molecule has 29 heavy (non-hydrogen) atoms. The zero-order valence-electron chi connectivity index (χ0n) is 15.0. The highest BCUT2D eigenvalue weighted by molar-refractivity contribution is 7.92. The molecule has 0 aliphatic heterocycles. The molecule has 8 heteroatoms. The Kier molecular flexibility index (Phi) is 5.08. The molecule has 1 N–H and O–H groups in total. The van der Waals surface area contributed by atoms with E-state index in [0.29, 0.717) is 22.0 Å². The lowest BCUT2D eigenvalue weighted by Crippen LogP contribution is -2.25. The van der Waals surface area contributed by atoms with Crippen molar-refractivity contribution in [2.75, 3.05) is 4.83 Å². The summed E-state index contributed by atoms with van der Waals surface area (Å²) in [6, 6.07) is 22.5. The number of halogens is 2. The Labute approximate surface area is 172 Å². The van der Waals surface area contributed by atoms with Gasteiger partial charge in [0.1, 0.15) is 5.82 Å². The largest absolute Gasteiger partial charge is 0.276 e. The molecule has 3 aromatic carbocycles. The fraction of sp³-hybridized carbons (Fsp3) is 0. The first-order chi connectivity index (χ1) is 13.9. The van der Waals surface area contributed by atoms with Gasteiger partial charge >= 0.3 is 0 Å². The van der Waals surface area contributed by atoms with Gasteiger partial charge in [0.05, 0.1) is 16.3 Å². The predicted octanol–water partition coefficient (Wildman–Crippen LogP) is 4.94. The number of hydrogen-bond acceptors (Lipinski definition) is 3. The summed E-state index contributed by atoms with van der Waals surface area (Å²) in [5.41, 5.74) is 2.13. The van der Waals surface area contributed by atoms with Crippen LogP contribution in [-0.2, 0) is 10.0 Å². The third-order valence-electron chi connectivity index (χ3n) is 4.23. The number of aromatic nitrogens is 2. The third kappa shape index (κ3) is 4.16. The monoisotopic (exact) mass is 427 g/mol. The minimum absolute atomic E-state index is 0.0914. The molecule has 1 aromatic heterocycles. The van der Waals surface area contributed by atoms with E-state index >= 15 is 0 Å². The van der Waals surface area contributed by atoms with Crippen LogP contribution in [0.2, 0.25) is 5.02 Å². The van der Waals surface area contributed by atoms with Crippen molar-refractivity contribution in [3.05, 3.63) is 95.8 Å². The SMILES string of the molecule is O=S(=O)(Nn1nc(-c2ccc(Cl)cc2)cc1-c1cccc(F)c1)c1ccccc1. The van der Waals surface area contributed by atoms with Gasteiger partial charge in [0.15, 0.2) is 0 Å². The highest BCUT2D eigenvalue weighted by Crippen LogP contribution is 2.27. The van der Waals surface area contributed by atoms with Gasteiger partial charge in [0.25, 0.3) is 10.0 Å². The van der Waals surface area contributed by atoms with Gasteiger partial charge in [-0.1, -0.05) is 54.1 Å². The zero-order chi connectivity index (χ0) is 20.4. The average Bonchev–Trinajstić information content (AvgIpc) is 3.12. The summed E-state index contributed by atoms with van der Waals surface area (Å²) in [6.45, 7) is 0. The van der Waals surface area contributed by atoms with Crippen LogP contribution in [0.15, 0.2) is 89.8 Å². The van der Waals surface area contributed by atoms with E-state index in [2.05, 4.69) is 9.93 Å². The van der Waals surface area contributed by atoms with Gasteiger partial charge in [0.2, 0.25) is 0 Å². The molecule has 0 atom stereocenters. The Morgan fingerprint density at radius 3 is 2.28 bits per heavy atom. The Balaban J connectivity index is 1.82. The number of nitrogens with one attached hydrogen (secondary N) is 1. The van der Waals surface area contributed by atoms with Gasteiger partial charge in [-0.15, -0.1) is 0 Å². The van der Waals surface area contributed by atoms with Gasteiger partial charge in [-0.2, -0.15) is 23.1 Å². The molecule has 1 heterocycles. The maximum Gasteiger partial charge on any atom is 0.276 e. The number of hydrogen-bond donors (Lipinski definition) is 1. The molecule has 146 valence electrons. The van der Waals surface area contributed by atoms with Crippen LogP contribution in [0.3, 0.4) is 0 Å². The summed E-state index contributed by atoms with van der Waals surface area (Å²) < 4.78 is 39.3. The van der Waals surface area contributed by atoms with Crippen LogP contribution in [0.1, 0.15) is 0 Å². The van der Waals surface area contributed by atoms with Gasteiger partial charge in [0, 0.05) is 16.1 Å². The first kappa shape index (κ1) is 19.2. The number of benzene rings is 3. The van der Waals surface area contributed by atoms with E-state index in [1.165, 1.54) is 24.3 Å². The van der Waals surface area contributed by atoms with Crippen LogP contribution >= 0.6 is 11.6 Å². The minimum Gasteiger partial charge on any atom is -0.207 e. The summed E-state index contributed by atoms with van der Waals surface area (Å²) in [4.78, 5) is 3.68. The van der Waals surface area contributed by atoms with Gasteiger partial charge in [-0.05, 0) is 42.5 Å². The molecule has 0 unspecified atom stereocenters. The van der Waals surface area contributed by atoms with E-state index in [1.54, 1.807) is 60.7 Å². The molecule has 0 saturated heterocycles. The van der Waals surface area contributed by atoms with E-state index in [9.17, 15) is 12.8 Å². The predicted molar refractivity (Wildman–Crippen MR) is 111 cm³/mol. The third-order valence-corrected chi connectivity index (χ3v) is 5.79. The van der Waals surface area contributed by atoms with Gasteiger partial charge < -0.3 is 0 Å². The molecular weight excluding hydrogens is 413 g/mol. The Bertz CT molecular complexity index is 1260. The van der Waals surface area contributed by atoms with Crippen molar-refractivity contribution >= 4 is 21.6 Å². The topological polar surface area (TPSA) is 64.0 Å². The second-order valence-electron chi connectivity index (χ2n) is 6.25. The maximum atomic E-state index is 13.8. The summed E-state index contributed by atoms with van der Waals surface area (Å²) in [6.07, 6.45) is 0. The molecule has 5 nitrogen and oxygen atoms in total. The van der Waals surface area contributed by atoms with Gasteiger partial charge in [-0.25, -0.2) is 4.39 Å². The molecular formula is C21H15ClFN3O2S. The first-order valence-corrected chi connectivity index (χ1v) is 10.5. The summed E-state index contributed by atoms with van der Waals surface area (Å²) >= 11 is 5.94. The molecule has 4 rings (SSSR count). The second kappa shape index (κ2) is 7.69. The number of nitrogens with zero attached hydrogens (tertiary/aromatic N) is 2. The van der Waals surface area contributed by atoms with Crippen molar-refractivity contribution in [1.29, 1.82) is 0 Å². The Hall–Kier alpha value is -3.16. The fourth-order valence-corrected chi connectivity index (χ4v) is 3.95. The van der Waals surface area contributed by atoms with Crippen LogP contribution in [0.5, 0.6) is 0 Å². The average molecular weight is 428 g/mol. The summed E-state index contributed by atoms with van der Waals surface area (Å²) in [5.74, 6) is -0.436. The number of rotatable bonds is 5. The number of sulfonamides is 1. The smallest absolute Gasteiger partial charge is 0.207 e. The zero-order valence-corrected chi connectivity index (χ0v) is 16.5. The van der Waals surface area contributed by atoms with Crippen molar-refractivity contribution in [1.82, 2.24) is 9.89 Å². The van der Waals surface area contributed by atoms with Crippen LogP contribution in [0.4, 0.5) is 4.39 Å². The lowest BCUT2D eigenvalue weighted by molar-refractivity contribution is 0.592. The highest BCUT2D eigenvalue weighted by Gasteiger charge is 2.19. The van der Waals surface area contributed by atoms with Crippen molar-refractivity contribution < 1.29 is 12.8 Å². The Morgan fingerprint density at radius 1 is 0.862 bits per heavy atom. The van der Waals surface area contributed by atoms with E-state index in [1.807, 2.05) is 0 Å². The van der Waals surface area contributed by atoms with E-state index < -0.39 is 15.8 Å². The Morgan fingerprint density at radius 2 is 1.59 bits per heavy atom. The van der Waals surface area contributed by atoms with E-state index in [0.717, 1.165) is 10.4 Å². The quantitative estimate of drug-likeness (QED) is 0.490. The minimum atomic E-state index is -3.89. The van der Waals surface area contributed by atoms with Crippen molar-refractivity contribution in [3.8, 4) is 22.5 Å². The molecule has 0 bridgehead atoms. The molecule has 0 aliphatic carbocycles. The fourth-order valence-electron chi connectivity index (χ4n) is 2.83. The molecule has 0 spiro atoms. The molecule has 0 fully saturated rings. The van der Waals surface area contributed by atoms with E-state index in [4.69, 9.17) is 11.6 Å². The van der Waals surface area contributed by atoms with Crippen LogP contribution in [0, 0.1) is 5.82 Å². The summed E-state index contributed by atoms with van der Waals surface area (Å²) in [5, 5.41) is 4.96. The van der Waals surface area contributed by atoms with Crippen molar-refractivity contribution in [3.63, 3.8) is 0 Å². The maximum absolute atomic E-state index is 13.8. The van der Waals surface area contributed by atoms with Crippen LogP contribution in [0.25, 0.3) is 22.5 Å². The molecule has 0 saturated carbocycles. The van der Waals surface area contributed by atoms with Crippen molar-refractivity contribution in [2.24, 2.45) is 0 Å². The summed E-state index contributed by atoms with van der Waals surface area (Å²) in [7, 11) is -3.89. The first-order valence-electron chi connectivity index (χ1n) is 8.62. The lowest BCUT2D eigenvalue weighted by atomic mass is 10.1. The highest BCUT2D eigenvalue weighted by atomic mass is 35.5. The molecule has 0 aliphatic rings. The lowest BCUT2D eigenvalue weighted by Gasteiger charge is -2.11. The standard InChI is InChI=1S/C21H15ClFN3O2S/c22-17-11-9-15(10-12-17)20-14-21(16-5-4-6-18(23)13-16)26(24-20)25-29(27,28)19-7-2-1-3-8-19/h1-14,25H. The van der Waals surface area contributed by atoms with Crippen molar-refractivity contribution in [2.45, 2.75) is 4.90 Å². The molecule has 0 radical (unpaired) electrons. The van der Waals surface area contributed by atoms with Crippen LogP contribution in [-0.4, -0.2) is 18.3 Å². The van der Waals surface area contributed by atoms with E-state index in [-0.39, 0.29) is 4.90 Å². The second-order valence-corrected chi connectivity index (χ2v) is 8.35. The van der Waals surface area contributed by atoms with Crippen LogP contribution < -0.4 is 4.83 Å².